The van der Waals surface area contributed by atoms with Crippen LogP contribution in [-0.4, -0.2) is 27.4 Å². The number of carbonyl (C=O) groups is 1. The number of nitrogens with zero attached hydrogens (tertiary/aromatic N) is 2. The molecule has 3 N–H and O–H groups in total. The van der Waals surface area contributed by atoms with Crippen LogP contribution in [0.5, 0.6) is 0 Å². The van der Waals surface area contributed by atoms with Crippen LogP contribution in [0.2, 0.25) is 0 Å². The Kier molecular flexibility index (Phi) is 2.26. The van der Waals surface area contributed by atoms with Crippen molar-refractivity contribution in [1.82, 2.24) is 9.78 Å². The van der Waals surface area contributed by atoms with Crippen molar-refractivity contribution in [3.63, 3.8) is 0 Å². The van der Waals surface area contributed by atoms with E-state index in [4.69, 9.17) is 10.8 Å². The number of rotatable bonds is 3. The van der Waals surface area contributed by atoms with Crippen LogP contribution in [0.15, 0.2) is 6.20 Å². The molecule has 0 bridgehead atoms. The summed E-state index contributed by atoms with van der Waals surface area (Å²) in [4.78, 5) is 10.9. The molecule has 1 atom stereocenters. The van der Waals surface area contributed by atoms with Gasteiger partial charge in [-0.15, -0.1) is 0 Å². The lowest BCUT2D eigenvalue weighted by molar-refractivity contribution is -0.138. The molecule has 1 heterocycles. The second kappa shape index (κ2) is 3.34. The van der Waals surface area contributed by atoms with Gasteiger partial charge in [0.2, 0.25) is 0 Å². The third-order valence-electron chi connectivity index (χ3n) is 3.20. The molecule has 2 rings (SSSR count). The Hall–Kier alpha value is -1.36. The summed E-state index contributed by atoms with van der Waals surface area (Å²) in [5, 5.41) is 13.2. The highest BCUT2D eigenvalue weighted by Gasteiger charge is 2.41. The number of carboxylic acids is 1. The molecule has 1 aliphatic carbocycles. The molecular formula is C10H15N3O2. The minimum atomic E-state index is -0.794. The molecule has 82 valence electrons. The molecule has 1 unspecified atom stereocenters. The molecular weight excluding hydrogens is 194 g/mol. The number of aliphatic carboxylic acids is 1. The van der Waals surface area contributed by atoms with E-state index in [1.165, 1.54) is 0 Å². The van der Waals surface area contributed by atoms with E-state index >= 15 is 0 Å². The second-order valence-electron chi connectivity index (χ2n) is 4.22. The van der Waals surface area contributed by atoms with Crippen LogP contribution in [0.1, 0.15) is 24.1 Å². The molecule has 0 aliphatic heterocycles. The van der Waals surface area contributed by atoms with Gasteiger partial charge in [-0.05, 0) is 12.8 Å². The Morgan fingerprint density at radius 3 is 3.13 bits per heavy atom. The summed E-state index contributed by atoms with van der Waals surface area (Å²) in [5.41, 5.74) is 7.37. The van der Waals surface area contributed by atoms with E-state index in [1.54, 1.807) is 4.68 Å². The van der Waals surface area contributed by atoms with Crippen LogP contribution in [-0.2, 0) is 23.7 Å². The summed E-state index contributed by atoms with van der Waals surface area (Å²) in [6.07, 6.45) is 3.63. The van der Waals surface area contributed by atoms with Gasteiger partial charge in [0.1, 0.15) is 0 Å². The third kappa shape index (κ3) is 1.52. The van der Waals surface area contributed by atoms with E-state index in [0.29, 0.717) is 6.54 Å². The fourth-order valence-corrected chi connectivity index (χ4v) is 2.41. The van der Waals surface area contributed by atoms with E-state index in [-0.39, 0.29) is 6.42 Å². The van der Waals surface area contributed by atoms with Gasteiger partial charge >= 0.3 is 5.97 Å². The highest BCUT2D eigenvalue weighted by atomic mass is 16.4. The van der Waals surface area contributed by atoms with E-state index in [9.17, 15) is 4.79 Å². The predicted molar refractivity (Wildman–Crippen MR) is 54.5 cm³/mol. The average molecular weight is 209 g/mol. The Bertz CT molecular complexity index is 399. The molecule has 1 aromatic rings. The van der Waals surface area contributed by atoms with Crippen molar-refractivity contribution in [1.29, 1.82) is 0 Å². The molecule has 0 radical (unpaired) electrons. The molecule has 5 nitrogen and oxygen atoms in total. The second-order valence-corrected chi connectivity index (χ2v) is 4.22. The third-order valence-corrected chi connectivity index (χ3v) is 3.20. The van der Waals surface area contributed by atoms with Gasteiger partial charge in [0.25, 0.3) is 0 Å². The van der Waals surface area contributed by atoms with E-state index in [1.807, 2.05) is 13.2 Å². The number of nitrogens with two attached hydrogens (primary N) is 1. The van der Waals surface area contributed by atoms with Gasteiger partial charge in [0.05, 0.1) is 12.1 Å². The van der Waals surface area contributed by atoms with E-state index < -0.39 is 11.4 Å². The first-order valence-electron chi connectivity index (χ1n) is 5.02. The Morgan fingerprint density at radius 1 is 1.80 bits per heavy atom. The summed E-state index contributed by atoms with van der Waals surface area (Å²) in [6, 6.07) is 0. The van der Waals surface area contributed by atoms with E-state index in [2.05, 4.69) is 5.10 Å². The monoisotopic (exact) mass is 209 g/mol. The van der Waals surface area contributed by atoms with Crippen molar-refractivity contribution in [2.75, 3.05) is 6.54 Å². The van der Waals surface area contributed by atoms with Crippen LogP contribution in [0, 0.1) is 0 Å². The smallest absolute Gasteiger partial charge is 0.304 e. The highest BCUT2D eigenvalue weighted by molar-refractivity contribution is 5.69. The fraction of sp³-hybridized carbons (Fsp3) is 0.600. The van der Waals surface area contributed by atoms with Gasteiger partial charge in [-0.1, -0.05) is 0 Å². The van der Waals surface area contributed by atoms with Crippen molar-refractivity contribution in [2.24, 2.45) is 12.8 Å². The first kappa shape index (κ1) is 10.2. The predicted octanol–water partition coefficient (Wildman–Crippen LogP) is 0.0375. The fourth-order valence-electron chi connectivity index (χ4n) is 2.41. The number of hydrogen-bond donors (Lipinski definition) is 2. The summed E-state index contributed by atoms with van der Waals surface area (Å²) >= 11 is 0. The molecule has 0 fully saturated rings. The number of carboxylic acid groups (broad SMARTS) is 1. The zero-order valence-electron chi connectivity index (χ0n) is 8.73. The summed E-state index contributed by atoms with van der Waals surface area (Å²) in [6.45, 7) is 0.373. The van der Waals surface area contributed by atoms with E-state index in [0.717, 1.165) is 24.1 Å². The van der Waals surface area contributed by atoms with Crippen molar-refractivity contribution in [3.05, 3.63) is 17.5 Å². The van der Waals surface area contributed by atoms with Gasteiger partial charge in [-0.25, -0.2) is 0 Å². The van der Waals surface area contributed by atoms with Gasteiger partial charge in [-0.3, -0.25) is 9.48 Å². The van der Waals surface area contributed by atoms with Gasteiger partial charge in [0.15, 0.2) is 0 Å². The number of hydrogen-bond acceptors (Lipinski definition) is 3. The quantitative estimate of drug-likeness (QED) is 0.736. The summed E-state index contributed by atoms with van der Waals surface area (Å²) in [7, 11) is 1.85. The number of aromatic nitrogens is 2. The highest BCUT2D eigenvalue weighted by Crippen LogP contribution is 2.40. The zero-order valence-corrected chi connectivity index (χ0v) is 8.73. The van der Waals surface area contributed by atoms with Crippen molar-refractivity contribution < 1.29 is 9.90 Å². The molecule has 15 heavy (non-hydrogen) atoms. The van der Waals surface area contributed by atoms with Gasteiger partial charge < -0.3 is 10.8 Å². The Balaban J connectivity index is 2.39. The summed E-state index contributed by atoms with van der Waals surface area (Å²) < 4.78 is 1.73. The van der Waals surface area contributed by atoms with Crippen molar-refractivity contribution in [2.45, 2.75) is 24.7 Å². The molecule has 5 heteroatoms. The summed E-state index contributed by atoms with van der Waals surface area (Å²) in [5.74, 6) is -0.794. The van der Waals surface area contributed by atoms with Gasteiger partial charge in [0, 0.05) is 30.8 Å². The maximum absolute atomic E-state index is 10.9. The Morgan fingerprint density at radius 2 is 2.53 bits per heavy atom. The maximum Gasteiger partial charge on any atom is 0.304 e. The lowest BCUT2D eigenvalue weighted by Crippen LogP contribution is -2.35. The maximum atomic E-state index is 10.9. The van der Waals surface area contributed by atoms with Crippen LogP contribution in [0.4, 0.5) is 0 Å². The first-order valence-corrected chi connectivity index (χ1v) is 5.02. The molecule has 0 spiro atoms. The molecule has 0 amide bonds. The first-order chi connectivity index (χ1) is 7.07. The number of aryl methyl sites for hydroxylation is 2. The lowest BCUT2D eigenvalue weighted by atomic mass is 9.80. The number of fused-ring (bicyclic) bond motifs is 1. The van der Waals surface area contributed by atoms with Crippen LogP contribution in [0.3, 0.4) is 0 Å². The average Bonchev–Trinajstić information content (AvgIpc) is 2.65. The normalized spacial score (nSPS) is 24.1. The van der Waals surface area contributed by atoms with Crippen molar-refractivity contribution in [3.8, 4) is 0 Å². The van der Waals surface area contributed by atoms with Crippen LogP contribution >= 0.6 is 0 Å². The minimum absolute atomic E-state index is 0.0994. The standard InChI is InChI=1S/C10H15N3O2/c1-13-5-7-8(12-13)2-3-10(7,6-11)4-9(14)15/h5H,2-4,6,11H2,1H3,(H,14,15). The molecule has 0 saturated carbocycles. The largest absolute Gasteiger partial charge is 0.481 e. The van der Waals surface area contributed by atoms with Crippen molar-refractivity contribution >= 4 is 5.97 Å². The van der Waals surface area contributed by atoms with Gasteiger partial charge in [-0.2, -0.15) is 5.10 Å². The lowest BCUT2D eigenvalue weighted by Gasteiger charge is -2.25. The van der Waals surface area contributed by atoms with Crippen LogP contribution in [0.25, 0.3) is 0 Å². The SMILES string of the molecule is Cn1cc2c(n1)CCC2(CN)CC(=O)O. The molecule has 0 aromatic carbocycles. The minimum Gasteiger partial charge on any atom is -0.481 e. The Labute approximate surface area is 87.9 Å². The topological polar surface area (TPSA) is 81.1 Å². The molecule has 1 aromatic heterocycles. The molecule has 1 aliphatic rings. The molecule has 0 saturated heterocycles. The van der Waals surface area contributed by atoms with Crippen LogP contribution < -0.4 is 5.73 Å². The zero-order chi connectivity index (χ0) is 11.1.